The Hall–Kier alpha value is -3.51. The number of aliphatic hydroxyl groups is 1. The molecule has 3 rings (SSSR count). The van der Waals surface area contributed by atoms with Crippen LogP contribution in [0.1, 0.15) is 26.7 Å². The largest absolute Gasteiger partial charge is 0.507 e. The van der Waals surface area contributed by atoms with E-state index in [1.165, 1.54) is 24.3 Å². The summed E-state index contributed by atoms with van der Waals surface area (Å²) in [5, 5.41) is 31.9. The fourth-order valence-electron chi connectivity index (χ4n) is 2.20. The fourth-order valence-corrected chi connectivity index (χ4v) is 3.67. The smallest absolute Gasteiger partial charge is 0.353 e. The van der Waals surface area contributed by atoms with Gasteiger partial charge in [-0.1, -0.05) is 11.6 Å². The number of benzene rings is 1. The summed E-state index contributed by atoms with van der Waals surface area (Å²) in [7, 11) is -4.30. The Balaban J connectivity index is 2.06. The number of ketones is 1. The van der Waals surface area contributed by atoms with Crippen LogP contribution in [0.3, 0.4) is 0 Å². The third-order valence-corrected chi connectivity index (χ3v) is 5.44. The molecule has 0 saturated carbocycles. The van der Waals surface area contributed by atoms with Gasteiger partial charge < -0.3 is 10.2 Å². The first-order valence-corrected chi connectivity index (χ1v) is 9.17. The fraction of sp³-hybridized carbons (Fsp3) is 0. The average Bonchev–Trinajstić information content (AvgIpc) is 3.32. The second kappa shape index (κ2) is 7.25. The van der Waals surface area contributed by atoms with Crippen molar-refractivity contribution in [2.45, 2.75) is 4.90 Å². The summed E-state index contributed by atoms with van der Waals surface area (Å²) in [4.78, 5) is 23.2. The van der Waals surface area contributed by atoms with Crippen LogP contribution in [-0.4, -0.2) is 55.0 Å². The number of carbonyl (C=O) groups is 2. The molecule has 0 radical (unpaired) electrons. The number of H-pyrrole nitrogens is 1. The zero-order valence-electron chi connectivity index (χ0n) is 13.6. The third kappa shape index (κ3) is 3.63. The standard InChI is InChI=1S/C15H10ClN5O6S/c16-9-1-3-10(4-2-9)28(26,27)21-7-8(5-11(21)15(24)25)12(22)6-13(23)14-17-19-20-18-14/h1-7,22H,(H,24,25)(H,17,18,19,20). The number of nitrogens with one attached hydrogen (secondary N) is 1. The van der Waals surface area contributed by atoms with Gasteiger partial charge in [-0.25, -0.2) is 17.2 Å². The summed E-state index contributed by atoms with van der Waals surface area (Å²) >= 11 is 5.74. The van der Waals surface area contributed by atoms with Crippen LogP contribution < -0.4 is 0 Å². The van der Waals surface area contributed by atoms with E-state index in [0.29, 0.717) is 15.1 Å². The second-order valence-electron chi connectivity index (χ2n) is 5.30. The van der Waals surface area contributed by atoms with E-state index in [2.05, 4.69) is 20.6 Å². The Kier molecular flexibility index (Phi) is 4.98. The molecule has 0 aliphatic heterocycles. The van der Waals surface area contributed by atoms with Gasteiger partial charge in [0.2, 0.25) is 11.6 Å². The van der Waals surface area contributed by atoms with Crippen LogP contribution in [-0.2, 0) is 10.0 Å². The van der Waals surface area contributed by atoms with Gasteiger partial charge in [-0.15, -0.1) is 10.2 Å². The SMILES string of the molecule is O=C(C=C(O)c1cc(C(=O)O)n(S(=O)(=O)c2ccc(Cl)cc2)c1)c1nn[nH]n1. The Morgan fingerprint density at radius 2 is 1.86 bits per heavy atom. The first-order valence-electron chi connectivity index (χ1n) is 7.36. The molecular formula is C15H10ClN5O6S. The molecule has 0 aliphatic rings. The van der Waals surface area contributed by atoms with Crippen molar-refractivity contribution in [3.8, 4) is 0 Å². The topological polar surface area (TPSA) is 168 Å². The van der Waals surface area contributed by atoms with Gasteiger partial charge >= 0.3 is 5.97 Å². The number of carboxylic acids is 1. The summed E-state index contributed by atoms with van der Waals surface area (Å²) in [6.45, 7) is 0. The number of hydrogen-bond donors (Lipinski definition) is 3. The predicted molar refractivity (Wildman–Crippen MR) is 94.5 cm³/mol. The molecule has 2 aromatic heterocycles. The highest BCUT2D eigenvalue weighted by molar-refractivity contribution is 7.90. The Bertz CT molecular complexity index is 1180. The number of halogens is 1. The van der Waals surface area contributed by atoms with Crippen molar-refractivity contribution < 1.29 is 28.2 Å². The van der Waals surface area contributed by atoms with Crippen LogP contribution in [0.25, 0.3) is 5.76 Å². The number of aliphatic hydroxyl groups excluding tert-OH is 1. The van der Waals surface area contributed by atoms with Crippen LogP contribution in [0, 0.1) is 0 Å². The molecule has 0 fully saturated rings. The van der Waals surface area contributed by atoms with Gasteiger partial charge in [0, 0.05) is 22.9 Å². The van der Waals surface area contributed by atoms with Gasteiger partial charge in [0.25, 0.3) is 10.0 Å². The number of hydrogen-bond acceptors (Lipinski definition) is 8. The van der Waals surface area contributed by atoms with E-state index in [4.69, 9.17) is 11.6 Å². The van der Waals surface area contributed by atoms with Crippen molar-refractivity contribution in [2.24, 2.45) is 0 Å². The molecule has 0 bridgehead atoms. The van der Waals surface area contributed by atoms with E-state index in [9.17, 15) is 28.2 Å². The maximum Gasteiger partial charge on any atom is 0.353 e. The minimum atomic E-state index is -4.30. The van der Waals surface area contributed by atoms with Gasteiger partial charge in [-0.3, -0.25) is 4.79 Å². The number of aromatic carboxylic acids is 1. The Labute approximate surface area is 161 Å². The van der Waals surface area contributed by atoms with Crippen LogP contribution >= 0.6 is 11.6 Å². The molecule has 1 aromatic carbocycles. The quantitative estimate of drug-likeness (QED) is 0.301. The van der Waals surface area contributed by atoms with Crippen molar-refractivity contribution in [1.29, 1.82) is 0 Å². The summed E-state index contributed by atoms with van der Waals surface area (Å²) in [5.41, 5.74) is -0.858. The van der Waals surface area contributed by atoms with Gasteiger partial charge in [-0.2, -0.15) is 5.21 Å². The monoisotopic (exact) mass is 423 g/mol. The van der Waals surface area contributed by atoms with Crippen molar-refractivity contribution in [3.63, 3.8) is 0 Å². The Morgan fingerprint density at radius 1 is 1.18 bits per heavy atom. The van der Waals surface area contributed by atoms with Crippen LogP contribution in [0.2, 0.25) is 5.02 Å². The van der Waals surface area contributed by atoms with Crippen molar-refractivity contribution in [2.75, 3.05) is 0 Å². The lowest BCUT2D eigenvalue weighted by molar-refractivity contribution is 0.0689. The van der Waals surface area contributed by atoms with Gasteiger partial charge in [0.15, 0.2) is 0 Å². The summed E-state index contributed by atoms with van der Waals surface area (Å²) < 4.78 is 26.0. The molecule has 0 atom stereocenters. The number of aromatic nitrogens is 5. The molecule has 0 amide bonds. The van der Waals surface area contributed by atoms with Crippen LogP contribution in [0.5, 0.6) is 0 Å². The van der Waals surface area contributed by atoms with Gasteiger partial charge in [0.1, 0.15) is 11.5 Å². The molecular weight excluding hydrogens is 414 g/mol. The molecule has 0 spiro atoms. The summed E-state index contributed by atoms with van der Waals surface area (Å²) in [6, 6.07) is 5.99. The van der Waals surface area contributed by atoms with E-state index < -0.39 is 33.2 Å². The van der Waals surface area contributed by atoms with Gasteiger partial charge in [0.05, 0.1) is 4.90 Å². The van der Waals surface area contributed by atoms with E-state index in [1.54, 1.807) is 0 Å². The molecule has 3 aromatic rings. The van der Waals surface area contributed by atoms with E-state index in [1.807, 2.05) is 0 Å². The maximum absolute atomic E-state index is 12.8. The Morgan fingerprint density at radius 3 is 2.43 bits per heavy atom. The number of carboxylic acid groups (broad SMARTS) is 1. The lowest BCUT2D eigenvalue weighted by Gasteiger charge is -2.08. The summed E-state index contributed by atoms with van der Waals surface area (Å²) in [6.07, 6.45) is 1.59. The minimum Gasteiger partial charge on any atom is -0.507 e. The first kappa shape index (κ1) is 19.3. The van der Waals surface area contributed by atoms with Gasteiger partial charge in [-0.05, 0) is 35.5 Å². The van der Waals surface area contributed by atoms with E-state index in [0.717, 1.165) is 12.3 Å². The number of allylic oxidation sites excluding steroid dienone is 1. The van der Waals surface area contributed by atoms with Crippen LogP contribution in [0.15, 0.2) is 47.5 Å². The zero-order valence-corrected chi connectivity index (χ0v) is 15.2. The lowest BCUT2D eigenvalue weighted by atomic mass is 10.2. The van der Waals surface area contributed by atoms with Crippen molar-refractivity contribution >= 4 is 39.1 Å². The lowest BCUT2D eigenvalue weighted by Crippen LogP contribution is -2.17. The number of nitrogens with zero attached hydrogens (tertiary/aromatic N) is 4. The molecule has 0 aliphatic carbocycles. The van der Waals surface area contributed by atoms with E-state index >= 15 is 0 Å². The molecule has 144 valence electrons. The maximum atomic E-state index is 12.8. The molecule has 28 heavy (non-hydrogen) atoms. The average molecular weight is 424 g/mol. The molecule has 13 heteroatoms. The minimum absolute atomic E-state index is 0.215. The molecule has 11 nitrogen and oxygen atoms in total. The molecule has 2 heterocycles. The second-order valence-corrected chi connectivity index (χ2v) is 7.55. The van der Waals surface area contributed by atoms with Crippen molar-refractivity contribution in [3.05, 3.63) is 64.7 Å². The van der Waals surface area contributed by atoms with Crippen LogP contribution in [0.4, 0.5) is 0 Å². The summed E-state index contributed by atoms with van der Waals surface area (Å²) in [5.74, 6) is -3.39. The highest BCUT2D eigenvalue weighted by atomic mass is 35.5. The molecule has 3 N–H and O–H groups in total. The number of carbonyl (C=O) groups excluding carboxylic acids is 1. The normalized spacial score (nSPS) is 12.1. The first-order chi connectivity index (χ1) is 13.2. The predicted octanol–water partition coefficient (Wildman–Crippen LogP) is 1.37. The highest BCUT2D eigenvalue weighted by Gasteiger charge is 2.25. The van der Waals surface area contributed by atoms with Crippen molar-refractivity contribution in [1.82, 2.24) is 24.6 Å². The number of tetrazole rings is 1. The molecule has 0 saturated heterocycles. The molecule has 0 unspecified atom stereocenters. The number of aromatic amines is 1. The third-order valence-electron chi connectivity index (χ3n) is 3.50. The number of rotatable bonds is 6. The highest BCUT2D eigenvalue weighted by Crippen LogP contribution is 2.23. The zero-order chi connectivity index (χ0) is 20.5. The van der Waals surface area contributed by atoms with E-state index in [-0.39, 0.29) is 16.3 Å².